The van der Waals surface area contributed by atoms with E-state index in [1.165, 1.54) is 0 Å². The molecule has 0 bridgehead atoms. The van der Waals surface area contributed by atoms with Gasteiger partial charge in [0, 0.05) is 17.1 Å². The summed E-state index contributed by atoms with van der Waals surface area (Å²) in [5, 5.41) is 4.32. The van der Waals surface area contributed by atoms with Crippen LogP contribution in [-0.2, 0) is 0 Å². The molecule has 0 radical (unpaired) electrons. The molecule has 0 aliphatic rings. The van der Waals surface area contributed by atoms with Crippen LogP contribution in [0.5, 0.6) is 0 Å². The highest BCUT2D eigenvalue weighted by Gasteiger charge is 2.22. The monoisotopic (exact) mass is 333 g/mol. The normalized spacial score (nSPS) is 14.8. The Morgan fingerprint density at radius 1 is 1.59 bits per heavy atom. The molecule has 17 heavy (non-hydrogen) atoms. The van der Waals surface area contributed by atoms with Crippen molar-refractivity contribution in [1.82, 2.24) is 9.78 Å². The first kappa shape index (κ1) is 13.1. The number of nitrogens with zero attached hydrogens (tertiary/aromatic N) is 2. The highest BCUT2D eigenvalue weighted by atomic mass is 79.9. The van der Waals surface area contributed by atoms with Crippen LogP contribution >= 0.6 is 38.9 Å². The van der Waals surface area contributed by atoms with Gasteiger partial charge < -0.3 is 5.73 Å². The number of rotatable bonds is 4. The Labute approximate surface area is 118 Å². The lowest BCUT2D eigenvalue weighted by molar-refractivity contribution is 0.429. The molecular weight excluding hydrogens is 322 g/mol. The van der Waals surface area contributed by atoms with Crippen LogP contribution in [0.4, 0.5) is 0 Å². The fraction of sp³-hybridized carbons (Fsp3) is 0.364. The second-order valence-corrected chi connectivity index (χ2v) is 6.46. The van der Waals surface area contributed by atoms with Crippen LogP contribution in [0.25, 0.3) is 0 Å². The highest BCUT2D eigenvalue weighted by Crippen LogP contribution is 2.31. The van der Waals surface area contributed by atoms with Gasteiger partial charge in [0.05, 0.1) is 15.0 Å². The minimum atomic E-state index is 0.0246. The number of hydrogen-bond donors (Lipinski definition) is 1. The lowest BCUT2D eigenvalue weighted by Gasteiger charge is -2.22. The molecule has 2 heterocycles. The van der Waals surface area contributed by atoms with Gasteiger partial charge in [0.15, 0.2) is 0 Å². The van der Waals surface area contributed by atoms with Gasteiger partial charge in [0.2, 0.25) is 0 Å². The van der Waals surface area contributed by atoms with Crippen molar-refractivity contribution in [2.45, 2.75) is 25.4 Å². The molecule has 0 fully saturated rings. The number of nitrogens with two attached hydrogens (primary N) is 1. The van der Waals surface area contributed by atoms with Gasteiger partial charge in [-0.05, 0) is 34.5 Å². The van der Waals surface area contributed by atoms with E-state index < -0.39 is 0 Å². The van der Waals surface area contributed by atoms with Gasteiger partial charge in [-0.3, -0.25) is 4.68 Å². The lowest BCUT2D eigenvalue weighted by atomic mass is 10.1. The summed E-state index contributed by atoms with van der Waals surface area (Å²) >= 11 is 10.9. The van der Waals surface area contributed by atoms with Crippen molar-refractivity contribution in [3.63, 3.8) is 0 Å². The quantitative estimate of drug-likeness (QED) is 0.926. The molecule has 0 spiro atoms. The number of hydrogen-bond acceptors (Lipinski definition) is 3. The minimum Gasteiger partial charge on any atom is -0.326 e. The van der Waals surface area contributed by atoms with Crippen molar-refractivity contribution in [3.05, 3.63) is 38.2 Å². The molecule has 2 aromatic heterocycles. The topological polar surface area (TPSA) is 43.8 Å². The molecule has 2 aromatic rings. The third-order valence-corrected chi connectivity index (χ3v) is 4.33. The smallest absolute Gasteiger partial charge is 0.101 e. The second kappa shape index (κ2) is 5.52. The molecule has 92 valence electrons. The minimum absolute atomic E-state index is 0.0246. The average Bonchev–Trinajstić information content (AvgIpc) is 2.89. The van der Waals surface area contributed by atoms with Crippen molar-refractivity contribution < 1.29 is 0 Å². The predicted molar refractivity (Wildman–Crippen MR) is 75.7 cm³/mol. The van der Waals surface area contributed by atoms with Crippen molar-refractivity contribution in [1.29, 1.82) is 0 Å². The summed E-state index contributed by atoms with van der Waals surface area (Å²) in [7, 11) is 0. The zero-order valence-electron chi connectivity index (χ0n) is 9.31. The van der Waals surface area contributed by atoms with Gasteiger partial charge in [0.25, 0.3) is 0 Å². The number of aromatic nitrogens is 2. The molecule has 0 aliphatic carbocycles. The van der Waals surface area contributed by atoms with E-state index >= 15 is 0 Å². The summed E-state index contributed by atoms with van der Waals surface area (Å²) in [6, 6.07) is 3.98. The van der Waals surface area contributed by atoms with Crippen LogP contribution in [0.2, 0.25) is 4.34 Å². The third kappa shape index (κ3) is 2.91. The summed E-state index contributed by atoms with van der Waals surface area (Å²) in [6.07, 6.45) is 4.59. The molecule has 2 atom stereocenters. The van der Waals surface area contributed by atoms with E-state index in [0.717, 1.165) is 20.1 Å². The standard InChI is InChI=1S/C11H13BrClN3S/c1-2-8(14)11(9-3-4-10(13)17-9)16-6-7(12)5-15-16/h3-6,8,11H,2,14H2,1H3. The Morgan fingerprint density at radius 2 is 2.35 bits per heavy atom. The molecule has 2 unspecified atom stereocenters. The van der Waals surface area contributed by atoms with Gasteiger partial charge >= 0.3 is 0 Å². The molecule has 0 aromatic carbocycles. The van der Waals surface area contributed by atoms with E-state index in [1.807, 2.05) is 23.0 Å². The number of thiophene rings is 1. The predicted octanol–water partition coefficient (Wildman–Crippen LogP) is 3.69. The SMILES string of the molecule is CCC(N)C(c1ccc(Cl)s1)n1cc(Br)cn1. The fourth-order valence-corrected chi connectivity index (χ4v) is 3.25. The van der Waals surface area contributed by atoms with Crippen LogP contribution in [0.1, 0.15) is 24.3 Å². The Bertz CT molecular complexity index is 456. The largest absolute Gasteiger partial charge is 0.326 e. The Morgan fingerprint density at radius 3 is 2.82 bits per heavy atom. The van der Waals surface area contributed by atoms with Crippen LogP contribution in [0.3, 0.4) is 0 Å². The zero-order valence-corrected chi connectivity index (χ0v) is 12.5. The van der Waals surface area contributed by atoms with E-state index in [1.54, 1.807) is 17.5 Å². The van der Waals surface area contributed by atoms with Crippen LogP contribution in [0, 0.1) is 0 Å². The van der Waals surface area contributed by atoms with Gasteiger partial charge in [-0.2, -0.15) is 5.10 Å². The Hall–Kier alpha value is -0.360. The van der Waals surface area contributed by atoms with Gasteiger partial charge in [-0.15, -0.1) is 11.3 Å². The average molecular weight is 335 g/mol. The highest BCUT2D eigenvalue weighted by molar-refractivity contribution is 9.10. The van der Waals surface area contributed by atoms with Crippen molar-refractivity contribution in [2.75, 3.05) is 0 Å². The molecule has 0 aliphatic heterocycles. The summed E-state index contributed by atoms with van der Waals surface area (Å²) in [6.45, 7) is 2.07. The van der Waals surface area contributed by atoms with Crippen LogP contribution in [-0.4, -0.2) is 15.8 Å². The second-order valence-electron chi connectivity index (χ2n) is 3.80. The molecule has 3 nitrogen and oxygen atoms in total. The van der Waals surface area contributed by atoms with E-state index in [9.17, 15) is 0 Å². The van der Waals surface area contributed by atoms with E-state index in [2.05, 4.69) is 28.0 Å². The van der Waals surface area contributed by atoms with Gasteiger partial charge in [0.1, 0.15) is 6.04 Å². The van der Waals surface area contributed by atoms with E-state index in [4.69, 9.17) is 17.3 Å². The van der Waals surface area contributed by atoms with Crippen LogP contribution < -0.4 is 5.73 Å². The zero-order chi connectivity index (χ0) is 12.4. The third-order valence-electron chi connectivity index (χ3n) is 2.62. The molecule has 6 heteroatoms. The lowest BCUT2D eigenvalue weighted by Crippen LogP contribution is -2.32. The van der Waals surface area contributed by atoms with E-state index in [-0.39, 0.29) is 12.1 Å². The van der Waals surface area contributed by atoms with Gasteiger partial charge in [-0.25, -0.2) is 0 Å². The molecular formula is C11H13BrClN3S. The van der Waals surface area contributed by atoms with Crippen molar-refractivity contribution in [3.8, 4) is 0 Å². The molecule has 0 saturated carbocycles. The summed E-state index contributed by atoms with van der Waals surface area (Å²) in [5.74, 6) is 0. The first-order valence-corrected chi connectivity index (χ1v) is 7.31. The first-order chi connectivity index (χ1) is 8.11. The maximum Gasteiger partial charge on any atom is 0.101 e. The Balaban J connectivity index is 2.38. The molecule has 0 amide bonds. The number of halogens is 2. The first-order valence-electron chi connectivity index (χ1n) is 5.32. The molecule has 0 saturated heterocycles. The fourth-order valence-electron chi connectivity index (χ4n) is 1.72. The molecule has 2 rings (SSSR count). The van der Waals surface area contributed by atoms with Gasteiger partial charge in [-0.1, -0.05) is 18.5 Å². The van der Waals surface area contributed by atoms with Crippen LogP contribution in [0.15, 0.2) is 29.0 Å². The summed E-state index contributed by atoms with van der Waals surface area (Å²) < 4.78 is 3.62. The maximum atomic E-state index is 6.19. The Kier molecular flexibility index (Phi) is 4.25. The molecule has 2 N–H and O–H groups in total. The van der Waals surface area contributed by atoms with E-state index in [0.29, 0.717) is 0 Å². The summed E-state index contributed by atoms with van der Waals surface area (Å²) in [4.78, 5) is 1.14. The maximum absolute atomic E-state index is 6.19. The van der Waals surface area contributed by atoms with Crippen molar-refractivity contribution >= 4 is 38.9 Å². The van der Waals surface area contributed by atoms with Crippen molar-refractivity contribution in [2.24, 2.45) is 5.73 Å². The summed E-state index contributed by atoms with van der Waals surface area (Å²) in [5.41, 5.74) is 6.19.